The van der Waals surface area contributed by atoms with E-state index in [1.54, 1.807) is 42.5 Å². The van der Waals surface area contributed by atoms with Crippen molar-refractivity contribution in [3.8, 4) is 5.75 Å². The number of fused-ring (bicyclic) bond motifs is 1. The number of halogens is 1. The summed E-state index contributed by atoms with van der Waals surface area (Å²) in [7, 11) is 1.44. The number of Topliss-reactive ketones (excluding diaryl/α,β-unsaturated/α-hetero) is 1. The number of hydrogen-bond acceptors (Lipinski definition) is 5. The second-order valence-electron chi connectivity index (χ2n) is 7.50. The second-order valence-corrected chi connectivity index (χ2v) is 7.50. The Labute approximate surface area is 187 Å². The van der Waals surface area contributed by atoms with Crippen LogP contribution in [0.15, 0.2) is 78.4 Å². The molecule has 1 amide bonds. The van der Waals surface area contributed by atoms with E-state index in [0.717, 1.165) is 0 Å². The molecule has 7 nitrogen and oxygen atoms in total. The Balaban J connectivity index is 1.75. The number of nitrogens with zero attached hydrogens (tertiary/aromatic N) is 2. The van der Waals surface area contributed by atoms with Gasteiger partial charge in [-0.3, -0.25) is 14.5 Å². The molecule has 3 aromatic carbocycles. The van der Waals surface area contributed by atoms with Crippen molar-refractivity contribution in [1.82, 2.24) is 9.97 Å². The molecule has 1 fully saturated rings. The first kappa shape index (κ1) is 20.4. The fourth-order valence-corrected chi connectivity index (χ4v) is 4.05. The van der Waals surface area contributed by atoms with E-state index < -0.39 is 29.3 Å². The topological polar surface area (TPSA) is 95.5 Å². The van der Waals surface area contributed by atoms with E-state index in [0.29, 0.717) is 22.3 Å². The highest BCUT2D eigenvalue weighted by atomic mass is 19.1. The molecule has 8 heteroatoms. The van der Waals surface area contributed by atoms with Crippen molar-refractivity contribution in [1.29, 1.82) is 0 Å². The first-order valence-corrected chi connectivity index (χ1v) is 10.1. The monoisotopic (exact) mass is 443 g/mol. The van der Waals surface area contributed by atoms with Crippen LogP contribution in [0.2, 0.25) is 0 Å². The lowest BCUT2D eigenvalue weighted by atomic mass is 9.95. The number of ketones is 1. The predicted octanol–water partition coefficient (Wildman–Crippen LogP) is 4.34. The molecular weight excluding hydrogens is 425 g/mol. The second kappa shape index (κ2) is 7.90. The number of aliphatic hydroxyl groups is 1. The zero-order valence-corrected chi connectivity index (χ0v) is 17.4. The number of nitrogens with one attached hydrogen (secondary N) is 1. The maximum atomic E-state index is 13.7. The summed E-state index contributed by atoms with van der Waals surface area (Å²) in [5.41, 5.74) is 1.84. The van der Waals surface area contributed by atoms with Crippen molar-refractivity contribution in [3.05, 3.63) is 95.3 Å². The minimum Gasteiger partial charge on any atom is -0.507 e. The van der Waals surface area contributed by atoms with Gasteiger partial charge in [0.2, 0.25) is 5.95 Å². The number of H-pyrrole nitrogens is 1. The molecule has 2 N–H and O–H groups in total. The number of rotatable bonds is 4. The summed E-state index contributed by atoms with van der Waals surface area (Å²) in [6.07, 6.45) is 0. The molecule has 1 atom stereocenters. The van der Waals surface area contributed by atoms with E-state index in [1.165, 1.54) is 36.3 Å². The standard InChI is InChI=1S/C25H18FN3O4/c1-33-19-9-5-2-6-16(19)22(30)20-21(14-10-12-15(26)13-11-14)29(24(32)23(20)31)25-27-17-7-3-4-8-18(17)28-25/h2-13,21,30H,1H3,(H,27,28)/b22-20+. The maximum absolute atomic E-state index is 13.7. The lowest BCUT2D eigenvalue weighted by Gasteiger charge is -2.23. The number of methoxy groups -OCH3 is 1. The smallest absolute Gasteiger partial charge is 0.302 e. The van der Waals surface area contributed by atoms with E-state index in [2.05, 4.69) is 9.97 Å². The third-order valence-corrected chi connectivity index (χ3v) is 5.60. The third kappa shape index (κ3) is 3.32. The van der Waals surface area contributed by atoms with Crippen LogP contribution >= 0.6 is 0 Å². The molecule has 5 rings (SSSR count). The van der Waals surface area contributed by atoms with Crippen molar-refractivity contribution in [3.63, 3.8) is 0 Å². The molecular formula is C25H18FN3O4. The predicted molar refractivity (Wildman–Crippen MR) is 120 cm³/mol. The Morgan fingerprint density at radius 1 is 1.03 bits per heavy atom. The number of benzene rings is 3. The lowest BCUT2D eigenvalue weighted by molar-refractivity contribution is -0.132. The molecule has 0 saturated carbocycles. The van der Waals surface area contributed by atoms with Crippen LogP contribution in [0.3, 0.4) is 0 Å². The molecule has 0 aliphatic carbocycles. The van der Waals surface area contributed by atoms with E-state index >= 15 is 0 Å². The molecule has 164 valence electrons. The summed E-state index contributed by atoms with van der Waals surface area (Å²) in [5, 5.41) is 11.2. The normalized spacial score (nSPS) is 17.6. The quantitative estimate of drug-likeness (QED) is 0.278. The van der Waals surface area contributed by atoms with Crippen molar-refractivity contribution in [2.75, 3.05) is 12.0 Å². The molecule has 0 bridgehead atoms. The van der Waals surface area contributed by atoms with Gasteiger partial charge in [0.05, 0.1) is 35.3 Å². The van der Waals surface area contributed by atoms with Crippen LogP contribution < -0.4 is 9.64 Å². The number of carbonyl (C=O) groups is 2. The zero-order valence-electron chi connectivity index (χ0n) is 17.4. The van der Waals surface area contributed by atoms with Crippen LogP contribution in [0.5, 0.6) is 5.75 Å². The van der Waals surface area contributed by atoms with Gasteiger partial charge in [0.1, 0.15) is 17.3 Å². The molecule has 1 unspecified atom stereocenters. The number of carbonyl (C=O) groups excluding carboxylic acids is 2. The van der Waals surface area contributed by atoms with Crippen LogP contribution in [0.25, 0.3) is 16.8 Å². The third-order valence-electron chi connectivity index (χ3n) is 5.60. The fourth-order valence-electron chi connectivity index (χ4n) is 4.05. The van der Waals surface area contributed by atoms with Crippen LogP contribution in [0, 0.1) is 5.82 Å². The number of aliphatic hydroxyl groups excluding tert-OH is 1. The lowest BCUT2D eigenvalue weighted by Crippen LogP contribution is -2.30. The van der Waals surface area contributed by atoms with E-state index in [1.807, 2.05) is 6.07 Å². The Morgan fingerprint density at radius 2 is 1.73 bits per heavy atom. The zero-order chi connectivity index (χ0) is 23.1. The molecule has 0 radical (unpaired) electrons. The van der Waals surface area contributed by atoms with Gasteiger partial charge in [-0.05, 0) is 42.0 Å². The number of amides is 1. The van der Waals surface area contributed by atoms with Gasteiger partial charge in [-0.2, -0.15) is 0 Å². The molecule has 2 heterocycles. The van der Waals surface area contributed by atoms with Gasteiger partial charge in [-0.15, -0.1) is 0 Å². The number of hydrogen-bond donors (Lipinski definition) is 2. The van der Waals surface area contributed by atoms with Gasteiger partial charge in [-0.25, -0.2) is 9.37 Å². The first-order chi connectivity index (χ1) is 16.0. The summed E-state index contributed by atoms with van der Waals surface area (Å²) < 4.78 is 19.0. The van der Waals surface area contributed by atoms with E-state index in [9.17, 15) is 19.1 Å². The molecule has 4 aromatic rings. The Kier molecular flexibility index (Phi) is 4.90. The number of aromatic nitrogens is 2. The van der Waals surface area contributed by atoms with Crippen molar-refractivity contribution in [2.24, 2.45) is 0 Å². The van der Waals surface area contributed by atoms with Crippen LogP contribution in [-0.2, 0) is 9.59 Å². The Bertz CT molecular complexity index is 1390. The highest BCUT2D eigenvalue weighted by Gasteiger charge is 2.48. The van der Waals surface area contributed by atoms with Gasteiger partial charge < -0.3 is 14.8 Å². The average Bonchev–Trinajstić information content (AvgIpc) is 3.37. The number of aromatic amines is 1. The molecule has 1 aromatic heterocycles. The van der Waals surface area contributed by atoms with Gasteiger partial charge in [0.25, 0.3) is 5.78 Å². The van der Waals surface area contributed by atoms with Gasteiger partial charge in [0, 0.05) is 0 Å². The van der Waals surface area contributed by atoms with Crippen molar-refractivity contribution < 1.29 is 23.8 Å². The van der Waals surface area contributed by atoms with Crippen molar-refractivity contribution >= 4 is 34.4 Å². The molecule has 1 aliphatic heterocycles. The van der Waals surface area contributed by atoms with Crippen molar-refractivity contribution in [2.45, 2.75) is 6.04 Å². The number of imidazole rings is 1. The summed E-state index contributed by atoms with van der Waals surface area (Å²) in [4.78, 5) is 35.1. The van der Waals surface area contributed by atoms with E-state index in [-0.39, 0.29) is 17.1 Å². The highest BCUT2D eigenvalue weighted by molar-refractivity contribution is 6.51. The van der Waals surface area contributed by atoms with Gasteiger partial charge >= 0.3 is 5.91 Å². The fraction of sp³-hybridized carbons (Fsp3) is 0.0800. The maximum Gasteiger partial charge on any atom is 0.302 e. The number of para-hydroxylation sites is 3. The highest BCUT2D eigenvalue weighted by Crippen LogP contribution is 2.42. The van der Waals surface area contributed by atoms with Gasteiger partial charge in [-0.1, -0.05) is 36.4 Å². The average molecular weight is 443 g/mol. The number of anilines is 1. The molecule has 33 heavy (non-hydrogen) atoms. The summed E-state index contributed by atoms with van der Waals surface area (Å²) in [6, 6.07) is 18.2. The summed E-state index contributed by atoms with van der Waals surface area (Å²) >= 11 is 0. The molecule has 0 spiro atoms. The Morgan fingerprint density at radius 3 is 2.45 bits per heavy atom. The van der Waals surface area contributed by atoms with Crippen LogP contribution in [0.1, 0.15) is 17.2 Å². The largest absolute Gasteiger partial charge is 0.507 e. The summed E-state index contributed by atoms with van der Waals surface area (Å²) in [5.74, 6) is -2.12. The van der Waals surface area contributed by atoms with E-state index in [4.69, 9.17) is 4.74 Å². The van der Waals surface area contributed by atoms with Crippen LogP contribution in [-0.4, -0.2) is 33.9 Å². The Hall–Kier alpha value is -4.46. The minimum atomic E-state index is -1.03. The SMILES string of the molecule is COc1ccccc1/C(O)=C1\C(=O)C(=O)N(c2nc3ccccc3[nH]2)C1c1ccc(F)cc1. The van der Waals surface area contributed by atoms with Gasteiger partial charge in [0.15, 0.2) is 0 Å². The van der Waals surface area contributed by atoms with Crippen LogP contribution in [0.4, 0.5) is 10.3 Å². The molecule has 1 saturated heterocycles. The molecule has 1 aliphatic rings. The minimum absolute atomic E-state index is 0.142. The number of ether oxygens (including phenoxy) is 1. The first-order valence-electron chi connectivity index (χ1n) is 10.1. The summed E-state index contributed by atoms with van der Waals surface area (Å²) in [6.45, 7) is 0.